The summed E-state index contributed by atoms with van der Waals surface area (Å²) in [6.45, 7) is 4.97. The molecular weight excluding hydrogens is 369 g/mol. The van der Waals surface area contributed by atoms with Gasteiger partial charge in [0.05, 0.1) is 18.3 Å². The highest BCUT2D eigenvalue weighted by Crippen LogP contribution is 2.45. The lowest BCUT2D eigenvalue weighted by molar-refractivity contribution is -0.130. The van der Waals surface area contributed by atoms with Crippen molar-refractivity contribution in [3.8, 4) is 0 Å². The van der Waals surface area contributed by atoms with Crippen LogP contribution in [-0.2, 0) is 14.2 Å². The minimum atomic E-state index is -3.44. The van der Waals surface area contributed by atoms with E-state index in [2.05, 4.69) is 10.6 Å². The zero-order valence-corrected chi connectivity index (χ0v) is 17.6. The van der Waals surface area contributed by atoms with Gasteiger partial charge in [-0.3, -0.25) is 14.2 Å². The molecule has 0 aromatic carbocycles. The molecule has 6 N–H and O–H groups in total. The molecule has 1 saturated carbocycles. The number of hydrogen-bond donors (Lipinski definition) is 5. The highest BCUT2D eigenvalue weighted by molar-refractivity contribution is 7.58. The van der Waals surface area contributed by atoms with Crippen molar-refractivity contribution >= 4 is 19.2 Å². The van der Waals surface area contributed by atoms with Gasteiger partial charge in [-0.25, -0.2) is 0 Å². The first-order valence-electron chi connectivity index (χ1n) is 9.84. The van der Waals surface area contributed by atoms with E-state index in [1.807, 2.05) is 0 Å². The maximum atomic E-state index is 12.4. The molecule has 27 heavy (non-hydrogen) atoms. The molecule has 158 valence electrons. The summed E-state index contributed by atoms with van der Waals surface area (Å²) in [5, 5.41) is 15.2. The van der Waals surface area contributed by atoms with Crippen molar-refractivity contribution in [3.05, 3.63) is 0 Å². The third-order valence-corrected chi connectivity index (χ3v) is 7.02. The van der Waals surface area contributed by atoms with E-state index < -0.39 is 37.4 Å². The van der Waals surface area contributed by atoms with Gasteiger partial charge in [-0.1, -0.05) is 33.1 Å². The Morgan fingerprint density at radius 1 is 1.15 bits per heavy atom. The summed E-state index contributed by atoms with van der Waals surface area (Å²) in [5.41, 5.74) is 5.51. The minimum absolute atomic E-state index is 0.134. The molecule has 8 nitrogen and oxygen atoms in total. The smallest absolute Gasteiger partial charge is 0.242 e. The fourth-order valence-corrected chi connectivity index (χ4v) is 5.50. The van der Waals surface area contributed by atoms with E-state index in [1.165, 1.54) is 13.3 Å². The Labute approximate surface area is 162 Å². The SMILES string of the molecule is CC(C)[C@@H](NC(=O)[C@H](C)N)C(=O)NC[C@H](O)CP(=O)(O)CC1CCCCC1. The predicted octanol–water partition coefficient (Wildman–Crippen LogP) is 0.802. The molecule has 0 spiro atoms. The van der Waals surface area contributed by atoms with Gasteiger partial charge >= 0.3 is 0 Å². The lowest BCUT2D eigenvalue weighted by Gasteiger charge is -2.26. The maximum Gasteiger partial charge on any atom is 0.242 e. The zero-order valence-electron chi connectivity index (χ0n) is 16.7. The molecule has 0 bridgehead atoms. The number of aliphatic hydroxyl groups is 1. The summed E-state index contributed by atoms with van der Waals surface area (Å²) in [4.78, 5) is 34.3. The molecule has 1 fully saturated rings. The van der Waals surface area contributed by atoms with Crippen LogP contribution in [0.25, 0.3) is 0 Å². The van der Waals surface area contributed by atoms with Crippen LogP contribution in [0, 0.1) is 11.8 Å². The molecule has 0 saturated heterocycles. The van der Waals surface area contributed by atoms with Crippen LogP contribution in [0.5, 0.6) is 0 Å². The van der Waals surface area contributed by atoms with Gasteiger partial charge in [-0.2, -0.15) is 0 Å². The minimum Gasteiger partial charge on any atom is -0.391 e. The number of nitrogens with one attached hydrogen (secondary N) is 2. The molecule has 0 radical (unpaired) electrons. The summed E-state index contributed by atoms with van der Waals surface area (Å²) in [5.74, 6) is -0.801. The van der Waals surface area contributed by atoms with Crippen molar-refractivity contribution in [2.24, 2.45) is 17.6 Å². The lowest BCUT2D eigenvalue weighted by atomic mass is 9.91. The topological polar surface area (TPSA) is 142 Å². The average Bonchev–Trinajstić information content (AvgIpc) is 2.56. The molecule has 0 aromatic heterocycles. The second-order valence-electron chi connectivity index (χ2n) is 8.13. The summed E-state index contributed by atoms with van der Waals surface area (Å²) < 4.78 is 12.4. The Morgan fingerprint density at radius 3 is 2.26 bits per heavy atom. The average molecular weight is 405 g/mol. The molecule has 1 aliphatic carbocycles. The van der Waals surface area contributed by atoms with Crippen molar-refractivity contribution in [3.63, 3.8) is 0 Å². The monoisotopic (exact) mass is 405 g/mol. The van der Waals surface area contributed by atoms with Gasteiger partial charge in [0.1, 0.15) is 6.04 Å². The van der Waals surface area contributed by atoms with Crippen molar-refractivity contribution in [2.75, 3.05) is 18.9 Å². The van der Waals surface area contributed by atoms with Crippen LogP contribution >= 0.6 is 7.37 Å². The molecule has 1 rings (SSSR count). The van der Waals surface area contributed by atoms with E-state index >= 15 is 0 Å². The van der Waals surface area contributed by atoms with Gasteiger partial charge in [0.25, 0.3) is 0 Å². The van der Waals surface area contributed by atoms with Gasteiger partial charge in [-0.15, -0.1) is 0 Å². The number of amides is 2. The van der Waals surface area contributed by atoms with E-state index in [1.54, 1.807) is 13.8 Å². The molecule has 9 heteroatoms. The van der Waals surface area contributed by atoms with Crippen molar-refractivity contribution in [1.29, 1.82) is 0 Å². The number of aliphatic hydroxyl groups excluding tert-OH is 1. The second-order valence-corrected chi connectivity index (χ2v) is 10.6. The highest BCUT2D eigenvalue weighted by atomic mass is 31.2. The molecule has 0 aromatic rings. The molecule has 1 unspecified atom stereocenters. The van der Waals surface area contributed by atoms with Gasteiger partial charge in [0.15, 0.2) is 0 Å². The van der Waals surface area contributed by atoms with Crippen LogP contribution in [0.15, 0.2) is 0 Å². The fourth-order valence-electron chi connectivity index (χ4n) is 3.39. The molecule has 4 atom stereocenters. The first kappa shape index (κ1) is 24.1. The van der Waals surface area contributed by atoms with Crippen LogP contribution in [0.1, 0.15) is 52.9 Å². The quantitative estimate of drug-likeness (QED) is 0.340. The van der Waals surface area contributed by atoms with Gasteiger partial charge < -0.3 is 26.4 Å². The predicted molar refractivity (Wildman–Crippen MR) is 106 cm³/mol. The third kappa shape index (κ3) is 9.19. The Morgan fingerprint density at radius 2 is 1.74 bits per heavy atom. The normalized spacial score (nSPS) is 21.1. The highest BCUT2D eigenvalue weighted by Gasteiger charge is 2.29. The Bertz CT molecular complexity index is 535. The number of carbonyl (C=O) groups is 2. The summed E-state index contributed by atoms with van der Waals surface area (Å²) in [7, 11) is -3.44. The van der Waals surface area contributed by atoms with Crippen molar-refractivity contribution in [2.45, 2.75) is 71.1 Å². The second kappa shape index (κ2) is 11.1. The van der Waals surface area contributed by atoms with E-state index in [9.17, 15) is 24.2 Å². The number of carbonyl (C=O) groups excluding carboxylic acids is 2. The van der Waals surface area contributed by atoms with Crippen LogP contribution < -0.4 is 16.4 Å². The van der Waals surface area contributed by atoms with Gasteiger partial charge in [0, 0.05) is 12.7 Å². The number of nitrogens with two attached hydrogens (primary N) is 1. The van der Waals surface area contributed by atoms with E-state index in [0.717, 1.165) is 25.7 Å². The van der Waals surface area contributed by atoms with E-state index in [0.29, 0.717) is 0 Å². The molecule has 1 aliphatic rings. The van der Waals surface area contributed by atoms with E-state index in [-0.39, 0.29) is 30.7 Å². The van der Waals surface area contributed by atoms with Gasteiger partial charge in [0.2, 0.25) is 19.2 Å². The molecule has 2 amide bonds. The Hall–Kier alpha value is -0.950. The Balaban J connectivity index is 2.48. The summed E-state index contributed by atoms with van der Waals surface area (Å²) in [6, 6.07) is -1.51. The zero-order chi connectivity index (χ0) is 20.6. The van der Waals surface area contributed by atoms with Gasteiger partial charge in [-0.05, 0) is 31.6 Å². The Kier molecular flexibility index (Phi) is 9.95. The first-order chi connectivity index (χ1) is 12.5. The molecular formula is C18H36N3O5P. The number of rotatable bonds is 10. The maximum absolute atomic E-state index is 12.4. The van der Waals surface area contributed by atoms with Crippen LogP contribution in [0.4, 0.5) is 0 Å². The molecule has 0 aliphatic heterocycles. The number of hydrogen-bond acceptors (Lipinski definition) is 5. The van der Waals surface area contributed by atoms with Crippen molar-refractivity contribution < 1.29 is 24.2 Å². The van der Waals surface area contributed by atoms with Crippen LogP contribution in [0.2, 0.25) is 0 Å². The third-order valence-electron chi connectivity index (χ3n) is 4.94. The summed E-state index contributed by atoms with van der Waals surface area (Å²) in [6.07, 6.45) is 4.18. The fraction of sp³-hybridized carbons (Fsp3) is 0.889. The first-order valence-corrected chi connectivity index (χ1v) is 11.9. The van der Waals surface area contributed by atoms with Crippen LogP contribution in [-0.4, -0.2) is 58.9 Å². The lowest BCUT2D eigenvalue weighted by Crippen LogP contribution is -2.54. The summed E-state index contributed by atoms with van der Waals surface area (Å²) >= 11 is 0. The largest absolute Gasteiger partial charge is 0.391 e. The molecule has 0 heterocycles. The standard InChI is InChI=1S/C18H36N3O5P/c1-12(2)16(21-17(23)13(3)19)18(24)20-9-15(22)11-27(25,26)10-14-7-5-4-6-8-14/h12-16,22H,4-11,19H2,1-3H3,(H,20,24)(H,21,23)(H,25,26)/t13-,15-,16+/m0/s1. The van der Waals surface area contributed by atoms with Crippen LogP contribution in [0.3, 0.4) is 0 Å². The van der Waals surface area contributed by atoms with Crippen molar-refractivity contribution in [1.82, 2.24) is 10.6 Å². The van der Waals surface area contributed by atoms with E-state index in [4.69, 9.17) is 5.73 Å².